The van der Waals surface area contributed by atoms with Crippen LogP contribution in [0, 0.1) is 20.8 Å². The first-order chi connectivity index (χ1) is 10.5. The number of anilines is 1. The van der Waals surface area contributed by atoms with Gasteiger partial charge in [0.05, 0.1) is 6.54 Å². The molecular formula is C18H28N2O2. The molecule has 2 N–H and O–H groups in total. The van der Waals surface area contributed by atoms with Crippen molar-refractivity contribution in [2.24, 2.45) is 0 Å². The number of carbonyl (C=O) groups excluding carboxylic acids is 1. The highest BCUT2D eigenvalue weighted by atomic mass is 16.3. The maximum absolute atomic E-state index is 12.4. The molecule has 0 radical (unpaired) electrons. The van der Waals surface area contributed by atoms with Crippen molar-refractivity contribution in [3.8, 4) is 0 Å². The average Bonchev–Trinajstić information content (AvgIpc) is 2.87. The lowest BCUT2D eigenvalue weighted by Crippen LogP contribution is -2.37. The number of likely N-dealkylation sites (tertiary alicyclic amines) is 1. The summed E-state index contributed by atoms with van der Waals surface area (Å²) < 4.78 is 0. The Kier molecular flexibility index (Phi) is 5.98. The number of amides is 1. The van der Waals surface area contributed by atoms with Crippen molar-refractivity contribution in [2.45, 2.75) is 52.5 Å². The van der Waals surface area contributed by atoms with E-state index >= 15 is 0 Å². The predicted octanol–water partition coefficient (Wildman–Crippen LogP) is 2.79. The lowest BCUT2D eigenvalue weighted by molar-refractivity contribution is -0.117. The van der Waals surface area contributed by atoms with E-state index in [1.165, 1.54) is 5.56 Å². The molecule has 0 aromatic heterocycles. The van der Waals surface area contributed by atoms with E-state index in [0.29, 0.717) is 12.6 Å². The van der Waals surface area contributed by atoms with Gasteiger partial charge in [0, 0.05) is 18.3 Å². The fourth-order valence-corrected chi connectivity index (χ4v) is 3.50. The molecule has 0 aliphatic carbocycles. The SMILES string of the molecule is Cc1cc(C)c(NC(=O)CN2CCCC2CCCO)c(C)c1. The Balaban J connectivity index is 1.95. The molecule has 1 unspecified atom stereocenters. The number of aliphatic hydroxyl groups is 1. The first-order valence-electron chi connectivity index (χ1n) is 8.24. The minimum Gasteiger partial charge on any atom is -0.396 e. The third-order valence-corrected chi connectivity index (χ3v) is 4.48. The van der Waals surface area contributed by atoms with E-state index in [9.17, 15) is 4.79 Å². The van der Waals surface area contributed by atoms with Gasteiger partial charge in [-0.25, -0.2) is 0 Å². The maximum Gasteiger partial charge on any atom is 0.238 e. The summed E-state index contributed by atoms with van der Waals surface area (Å²) in [5, 5.41) is 12.1. The molecule has 0 bridgehead atoms. The van der Waals surface area contributed by atoms with Crippen molar-refractivity contribution in [3.05, 3.63) is 28.8 Å². The highest BCUT2D eigenvalue weighted by Gasteiger charge is 2.25. The fraction of sp³-hybridized carbons (Fsp3) is 0.611. The number of nitrogens with zero attached hydrogens (tertiary/aromatic N) is 1. The second kappa shape index (κ2) is 7.75. The van der Waals surface area contributed by atoms with Gasteiger partial charge in [-0.05, 0) is 64.1 Å². The highest BCUT2D eigenvalue weighted by Crippen LogP contribution is 2.23. The highest BCUT2D eigenvalue weighted by molar-refractivity contribution is 5.93. The van der Waals surface area contributed by atoms with E-state index in [4.69, 9.17) is 5.11 Å². The standard InChI is InChI=1S/C18H28N2O2/c1-13-10-14(2)18(15(3)11-13)19-17(22)12-20-8-4-6-16(20)7-5-9-21/h10-11,16,21H,4-9,12H2,1-3H3,(H,19,22). The first kappa shape index (κ1) is 17.0. The molecule has 22 heavy (non-hydrogen) atoms. The van der Waals surface area contributed by atoms with Crippen LogP contribution in [-0.2, 0) is 4.79 Å². The largest absolute Gasteiger partial charge is 0.396 e. The zero-order valence-electron chi connectivity index (χ0n) is 14.0. The molecule has 4 heteroatoms. The van der Waals surface area contributed by atoms with Crippen LogP contribution in [0.1, 0.15) is 42.4 Å². The van der Waals surface area contributed by atoms with Crippen molar-refractivity contribution in [1.29, 1.82) is 0 Å². The second-order valence-electron chi connectivity index (χ2n) is 6.45. The van der Waals surface area contributed by atoms with Crippen LogP contribution in [0.2, 0.25) is 0 Å². The van der Waals surface area contributed by atoms with Crippen LogP contribution >= 0.6 is 0 Å². The van der Waals surface area contributed by atoms with Crippen LogP contribution < -0.4 is 5.32 Å². The molecule has 4 nitrogen and oxygen atoms in total. The molecule has 1 atom stereocenters. The van der Waals surface area contributed by atoms with Gasteiger partial charge in [0.1, 0.15) is 0 Å². The van der Waals surface area contributed by atoms with Gasteiger partial charge >= 0.3 is 0 Å². The molecule has 1 aliphatic rings. The van der Waals surface area contributed by atoms with E-state index < -0.39 is 0 Å². The molecule has 1 amide bonds. The van der Waals surface area contributed by atoms with Crippen molar-refractivity contribution in [1.82, 2.24) is 4.90 Å². The Labute approximate surface area is 133 Å². The molecule has 1 heterocycles. The third-order valence-electron chi connectivity index (χ3n) is 4.48. The third kappa shape index (κ3) is 4.31. The Bertz CT molecular complexity index is 505. The Morgan fingerprint density at radius 3 is 2.64 bits per heavy atom. The molecule has 1 fully saturated rings. The van der Waals surface area contributed by atoms with Crippen molar-refractivity contribution in [3.63, 3.8) is 0 Å². The van der Waals surface area contributed by atoms with Crippen molar-refractivity contribution >= 4 is 11.6 Å². The summed E-state index contributed by atoms with van der Waals surface area (Å²) in [6.45, 7) is 7.81. The van der Waals surface area contributed by atoms with E-state index in [2.05, 4.69) is 29.3 Å². The number of aryl methyl sites for hydroxylation is 3. The number of benzene rings is 1. The van der Waals surface area contributed by atoms with Crippen LogP contribution in [0.5, 0.6) is 0 Å². The predicted molar refractivity (Wildman–Crippen MR) is 90.2 cm³/mol. The van der Waals surface area contributed by atoms with E-state index in [1.807, 2.05) is 13.8 Å². The molecule has 0 saturated carbocycles. The van der Waals surface area contributed by atoms with Gasteiger partial charge in [-0.2, -0.15) is 0 Å². The lowest BCUT2D eigenvalue weighted by Gasteiger charge is -2.24. The summed E-state index contributed by atoms with van der Waals surface area (Å²) in [5.41, 5.74) is 4.39. The van der Waals surface area contributed by atoms with Gasteiger partial charge in [0.25, 0.3) is 0 Å². The number of hydrogen-bond acceptors (Lipinski definition) is 3. The number of rotatable bonds is 6. The quantitative estimate of drug-likeness (QED) is 0.849. The zero-order chi connectivity index (χ0) is 16.1. The van der Waals surface area contributed by atoms with Crippen LogP contribution in [0.3, 0.4) is 0 Å². The van der Waals surface area contributed by atoms with Crippen molar-refractivity contribution < 1.29 is 9.90 Å². The summed E-state index contributed by atoms with van der Waals surface area (Å²) in [7, 11) is 0. The molecular weight excluding hydrogens is 276 g/mol. The number of carbonyl (C=O) groups is 1. The summed E-state index contributed by atoms with van der Waals surface area (Å²) >= 11 is 0. The topological polar surface area (TPSA) is 52.6 Å². The number of hydrogen-bond donors (Lipinski definition) is 2. The zero-order valence-corrected chi connectivity index (χ0v) is 14.0. The van der Waals surface area contributed by atoms with E-state index in [1.54, 1.807) is 0 Å². The van der Waals surface area contributed by atoms with Gasteiger partial charge in [-0.1, -0.05) is 17.7 Å². The van der Waals surface area contributed by atoms with Crippen LogP contribution in [0.15, 0.2) is 12.1 Å². The Hall–Kier alpha value is -1.39. The maximum atomic E-state index is 12.4. The summed E-state index contributed by atoms with van der Waals surface area (Å²) in [5.74, 6) is 0.0611. The molecule has 1 aliphatic heterocycles. The monoisotopic (exact) mass is 304 g/mol. The van der Waals surface area contributed by atoms with Gasteiger partial charge in [0.15, 0.2) is 0 Å². The molecule has 122 valence electrons. The van der Waals surface area contributed by atoms with Crippen molar-refractivity contribution in [2.75, 3.05) is 25.0 Å². The minimum absolute atomic E-state index is 0.0611. The summed E-state index contributed by atoms with van der Waals surface area (Å²) in [6.07, 6.45) is 4.08. The second-order valence-corrected chi connectivity index (χ2v) is 6.45. The van der Waals surface area contributed by atoms with E-state index in [-0.39, 0.29) is 12.5 Å². The van der Waals surface area contributed by atoms with Crippen LogP contribution in [0.25, 0.3) is 0 Å². The number of nitrogens with one attached hydrogen (secondary N) is 1. The summed E-state index contributed by atoms with van der Waals surface area (Å²) in [4.78, 5) is 14.6. The van der Waals surface area contributed by atoms with Crippen LogP contribution in [-0.4, -0.2) is 41.7 Å². The van der Waals surface area contributed by atoms with E-state index in [0.717, 1.165) is 49.0 Å². The molecule has 1 aromatic carbocycles. The molecule has 0 spiro atoms. The van der Waals surface area contributed by atoms with Gasteiger partial charge in [-0.15, -0.1) is 0 Å². The molecule has 1 saturated heterocycles. The molecule has 2 rings (SSSR count). The minimum atomic E-state index is 0.0611. The van der Waals surface area contributed by atoms with Crippen LogP contribution in [0.4, 0.5) is 5.69 Å². The smallest absolute Gasteiger partial charge is 0.238 e. The lowest BCUT2D eigenvalue weighted by atomic mass is 10.1. The van der Waals surface area contributed by atoms with Gasteiger partial charge < -0.3 is 10.4 Å². The van der Waals surface area contributed by atoms with Gasteiger partial charge in [-0.3, -0.25) is 9.69 Å². The average molecular weight is 304 g/mol. The molecule has 1 aromatic rings. The Morgan fingerprint density at radius 1 is 1.32 bits per heavy atom. The first-order valence-corrected chi connectivity index (χ1v) is 8.24. The summed E-state index contributed by atoms with van der Waals surface area (Å²) in [6, 6.07) is 4.64. The van der Waals surface area contributed by atoms with Gasteiger partial charge in [0.2, 0.25) is 5.91 Å². The Morgan fingerprint density at radius 2 is 2.00 bits per heavy atom. The number of aliphatic hydroxyl groups excluding tert-OH is 1. The fourth-order valence-electron chi connectivity index (χ4n) is 3.50. The normalized spacial score (nSPS) is 18.6.